The topological polar surface area (TPSA) is 122 Å². The summed E-state index contributed by atoms with van der Waals surface area (Å²) in [6.07, 6.45) is 1.32. The minimum atomic E-state index is -0.835. The minimum absolute atomic E-state index is 0.181. The number of aryl methyl sites for hydroxylation is 1. The smallest absolute Gasteiger partial charge is 0.338 e. The number of imide groups is 2. The van der Waals surface area contributed by atoms with E-state index < -0.39 is 36.3 Å². The van der Waals surface area contributed by atoms with Gasteiger partial charge in [-0.2, -0.15) is 0 Å². The maximum Gasteiger partial charge on any atom is 0.338 e. The Morgan fingerprint density at radius 3 is 2.25 bits per heavy atom. The van der Waals surface area contributed by atoms with Crippen LogP contribution in [0, 0.1) is 6.92 Å². The number of carbonyl (C=O) groups excluding carboxylic acids is 5. The number of hydrogen-bond acceptors (Lipinski definition) is 6. The quantitative estimate of drug-likeness (QED) is 0.315. The van der Waals surface area contributed by atoms with E-state index in [-0.39, 0.29) is 11.1 Å². The van der Waals surface area contributed by atoms with Crippen molar-refractivity contribution in [3.05, 3.63) is 101 Å². The molecule has 1 fully saturated rings. The molecule has 180 valence electrons. The van der Waals surface area contributed by atoms with Crippen LogP contribution >= 0.6 is 0 Å². The molecule has 1 saturated heterocycles. The van der Waals surface area contributed by atoms with Crippen LogP contribution in [0.5, 0.6) is 0 Å². The summed E-state index contributed by atoms with van der Waals surface area (Å²) in [5.41, 5.74) is 2.36. The van der Waals surface area contributed by atoms with Crippen molar-refractivity contribution >= 4 is 47.2 Å². The molecule has 0 aliphatic carbocycles. The van der Waals surface area contributed by atoms with Gasteiger partial charge in [0.25, 0.3) is 17.7 Å². The molecule has 36 heavy (non-hydrogen) atoms. The van der Waals surface area contributed by atoms with E-state index in [2.05, 4.69) is 10.6 Å². The number of benzene rings is 3. The highest BCUT2D eigenvalue weighted by molar-refractivity contribution is 6.39. The van der Waals surface area contributed by atoms with Gasteiger partial charge in [0.1, 0.15) is 5.57 Å². The Morgan fingerprint density at radius 2 is 1.58 bits per heavy atom. The molecule has 3 aromatic carbocycles. The second-order valence-corrected chi connectivity index (χ2v) is 7.91. The Balaban J connectivity index is 1.40. The van der Waals surface area contributed by atoms with Crippen molar-refractivity contribution in [2.24, 2.45) is 0 Å². The Labute approximate surface area is 206 Å². The molecular weight excluding hydrogens is 462 g/mol. The number of nitrogens with zero attached hydrogens (tertiary/aromatic N) is 1. The van der Waals surface area contributed by atoms with Gasteiger partial charge in [0.15, 0.2) is 6.61 Å². The fourth-order valence-electron chi connectivity index (χ4n) is 3.40. The molecule has 9 nitrogen and oxygen atoms in total. The van der Waals surface area contributed by atoms with E-state index in [0.717, 1.165) is 10.5 Å². The zero-order valence-corrected chi connectivity index (χ0v) is 19.2. The summed E-state index contributed by atoms with van der Waals surface area (Å²) < 4.78 is 5.06. The van der Waals surface area contributed by atoms with Gasteiger partial charge in [-0.25, -0.2) is 14.5 Å². The van der Waals surface area contributed by atoms with E-state index in [0.29, 0.717) is 16.9 Å². The molecule has 5 amide bonds. The van der Waals surface area contributed by atoms with E-state index >= 15 is 0 Å². The molecule has 0 radical (unpaired) electrons. The summed E-state index contributed by atoms with van der Waals surface area (Å²) in [5.74, 6) is -2.77. The van der Waals surface area contributed by atoms with Crippen LogP contribution in [0.25, 0.3) is 6.08 Å². The third kappa shape index (κ3) is 5.53. The van der Waals surface area contributed by atoms with Crippen molar-refractivity contribution < 1.29 is 28.7 Å². The van der Waals surface area contributed by atoms with Crippen LogP contribution < -0.4 is 15.5 Å². The van der Waals surface area contributed by atoms with Gasteiger partial charge >= 0.3 is 12.0 Å². The first kappa shape index (κ1) is 24.1. The number of ether oxygens (including phenoxy) is 1. The Hall–Kier alpha value is -5.05. The SMILES string of the molecule is Cc1ccc(NC(=O)COC(=O)c2ccc(/C=C3/C(=O)NC(=O)N(c4ccccc4)C3=O)cc2)cc1. The number of carbonyl (C=O) groups is 5. The number of amides is 5. The number of anilines is 2. The number of para-hydroxylation sites is 1. The van der Waals surface area contributed by atoms with E-state index in [1.54, 1.807) is 42.5 Å². The Morgan fingerprint density at radius 1 is 0.917 bits per heavy atom. The van der Waals surface area contributed by atoms with Crippen LogP contribution in [0.2, 0.25) is 0 Å². The molecule has 1 aliphatic heterocycles. The Kier molecular flexibility index (Phi) is 7.01. The number of rotatable bonds is 6. The van der Waals surface area contributed by atoms with Crippen molar-refractivity contribution in [2.75, 3.05) is 16.8 Å². The molecule has 0 atom stereocenters. The normalized spacial score (nSPS) is 14.4. The van der Waals surface area contributed by atoms with Crippen LogP contribution in [-0.4, -0.2) is 36.3 Å². The second kappa shape index (κ2) is 10.5. The molecule has 0 bridgehead atoms. The van der Waals surface area contributed by atoms with Gasteiger partial charge in [-0.1, -0.05) is 48.0 Å². The third-order valence-corrected chi connectivity index (χ3v) is 5.24. The number of esters is 1. The maximum atomic E-state index is 12.9. The molecule has 0 unspecified atom stereocenters. The van der Waals surface area contributed by atoms with Crippen LogP contribution in [0.3, 0.4) is 0 Å². The van der Waals surface area contributed by atoms with E-state index in [4.69, 9.17) is 4.74 Å². The number of hydrogen-bond donors (Lipinski definition) is 2. The summed E-state index contributed by atoms with van der Waals surface area (Å²) in [6, 6.07) is 20.5. The van der Waals surface area contributed by atoms with Crippen LogP contribution in [-0.2, 0) is 19.1 Å². The summed E-state index contributed by atoms with van der Waals surface area (Å²) in [5, 5.41) is 4.79. The van der Waals surface area contributed by atoms with Gasteiger partial charge in [0.05, 0.1) is 11.3 Å². The lowest BCUT2D eigenvalue weighted by atomic mass is 10.1. The van der Waals surface area contributed by atoms with Gasteiger partial charge in [0, 0.05) is 5.69 Å². The predicted molar refractivity (Wildman–Crippen MR) is 132 cm³/mol. The fraction of sp³-hybridized carbons (Fsp3) is 0.0741. The van der Waals surface area contributed by atoms with E-state index in [1.807, 2.05) is 19.1 Å². The highest BCUT2D eigenvalue weighted by Crippen LogP contribution is 2.21. The van der Waals surface area contributed by atoms with Crippen molar-refractivity contribution in [1.82, 2.24) is 5.32 Å². The van der Waals surface area contributed by atoms with Gasteiger partial charge in [0.2, 0.25) is 0 Å². The van der Waals surface area contributed by atoms with Crippen molar-refractivity contribution in [3.63, 3.8) is 0 Å². The zero-order valence-electron chi connectivity index (χ0n) is 19.2. The lowest BCUT2D eigenvalue weighted by Gasteiger charge is -2.26. The van der Waals surface area contributed by atoms with Crippen LogP contribution in [0.1, 0.15) is 21.5 Å². The molecule has 9 heteroatoms. The monoisotopic (exact) mass is 483 g/mol. The van der Waals surface area contributed by atoms with E-state index in [9.17, 15) is 24.0 Å². The molecule has 0 saturated carbocycles. The predicted octanol–water partition coefficient (Wildman–Crippen LogP) is 3.46. The maximum absolute atomic E-state index is 12.9. The second-order valence-electron chi connectivity index (χ2n) is 7.91. The molecule has 3 aromatic rings. The lowest BCUT2D eigenvalue weighted by Crippen LogP contribution is -2.54. The first-order valence-electron chi connectivity index (χ1n) is 10.9. The molecule has 4 rings (SSSR count). The van der Waals surface area contributed by atoms with Gasteiger partial charge in [-0.15, -0.1) is 0 Å². The Bertz CT molecular complexity index is 1360. The van der Waals surface area contributed by atoms with Crippen molar-refractivity contribution in [2.45, 2.75) is 6.92 Å². The average Bonchev–Trinajstić information content (AvgIpc) is 2.87. The minimum Gasteiger partial charge on any atom is -0.452 e. The average molecular weight is 483 g/mol. The van der Waals surface area contributed by atoms with E-state index in [1.165, 1.54) is 30.3 Å². The number of barbiturate groups is 1. The molecule has 1 aliphatic rings. The number of nitrogens with one attached hydrogen (secondary N) is 2. The zero-order chi connectivity index (χ0) is 25.7. The lowest BCUT2D eigenvalue weighted by molar-refractivity contribution is -0.122. The molecule has 0 spiro atoms. The summed E-state index contributed by atoms with van der Waals surface area (Å²) >= 11 is 0. The summed E-state index contributed by atoms with van der Waals surface area (Å²) in [7, 11) is 0. The third-order valence-electron chi connectivity index (χ3n) is 5.24. The molecule has 0 aromatic heterocycles. The van der Waals surface area contributed by atoms with Gasteiger partial charge in [-0.3, -0.25) is 19.7 Å². The summed E-state index contributed by atoms with van der Waals surface area (Å²) in [4.78, 5) is 62.6. The van der Waals surface area contributed by atoms with Gasteiger partial charge < -0.3 is 10.1 Å². The largest absolute Gasteiger partial charge is 0.452 e. The fourth-order valence-corrected chi connectivity index (χ4v) is 3.40. The van der Waals surface area contributed by atoms with Crippen molar-refractivity contribution in [1.29, 1.82) is 0 Å². The standard InChI is InChI=1S/C27H21N3O6/c1-17-7-13-20(14-8-17)28-23(31)16-36-26(34)19-11-9-18(10-12-19)15-22-24(32)29-27(35)30(25(22)33)21-5-3-2-4-6-21/h2-15H,16H2,1H3,(H,28,31)(H,29,32,35)/b22-15-. The highest BCUT2D eigenvalue weighted by atomic mass is 16.5. The van der Waals surface area contributed by atoms with Crippen LogP contribution in [0.4, 0.5) is 16.2 Å². The first-order chi connectivity index (χ1) is 17.3. The molecule has 2 N–H and O–H groups in total. The molecular formula is C27H21N3O6. The van der Waals surface area contributed by atoms with Crippen molar-refractivity contribution in [3.8, 4) is 0 Å². The first-order valence-corrected chi connectivity index (χ1v) is 10.9. The summed E-state index contributed by atoms with van der Waals surface area (Å²) in [6.45, 7) is 1.47. The van der Waals surface area contributed by atoms with Gasteiger partial charge in [-0.05, 0) is 55.0 Å². The highest BCUT2D eigenvalue weighted by Gasteiger charge is 2.36. The molecule has 1 heterocycles. The van der Waals surface area contributed by atoms with Crippen LogP contribution in [0.15, 0.2) is 84.4 Å². The number of urea groups is 1.